The van der Waals surface area contributed by atoms with Crippen molar-refractivity contribution in [3.63, 3.8) is 0 Å². The molecule has 2 unspecified atom stereocenters. The van der Waals surface area contributed by atoms with Crippen LogP contribution < -0.4 is 5.11 Å². The van der Waals surface area contributed by atoms with Crippen molar-refractivity contribution in [1.29, 1.82) is 0 Å². The van der Waals surface area contributed by atoms with Crippen molar-refractivity contribution in [3.8, 4) is 0 Å². The fourth-order valence-corrected chi connectivity index (χ4v) is 6.10. The summed E-state index contributed by atoms with van der Waals surface area (Å²) in [5, 5.41) is 11.6. The van der Waals surface area contributed by atoms with Gasteiger partial charge in [0.1, 0.15) is 13.2 Å². The lowest BCUT2D eigenvalue weighted by Crippen LogP contribution is -2.44. The number of aliphatic carboxylic acids is 1. The van der Waals surface area contributed by atoms with E-state index in [2.05, 4.69) is 160 Å². The second kappa shape index (κ2) is 49.6. The fraction of sp³-hybridized carbons (Fsp3) is 0.550. The molecule has 386 valence electrons. The molecule has 0 amide bonds. The fourth-order valence-electron chi connectivity index (χ4n) is 6.10. The average Bonchev–Trinajstić information content (AvgIpc) is 3.31. The van der Waals surface area contributed by atoms with Crippen molar-refractivity contribution in [2.75, 3.05) is 47.5 Å². The van der Waals surface area contributed by atoms with Crippen LogP contribution in [-0.4, -0.2) is 82.3 Å². The van der Waals surface area contributed by atoms with Crippen LogP contribution in [0.4, 0.5) is 0 Å². The molecule has 0 rings (SSSR count). The quantitative estimate of drug-likeness (QED) is 0.0195. The molecular weight excluding hydrogens is 863 g/mol. The molecule has 0 aliphatic carbocycles. The summed E-state index contributed by atoms with van der Waals surface area (Å²) in [6.07, 6.45) is 69.6. The summed E-state index contributed by atoms with van der Waals surface area (Å²) in [5.41, 5.74) is 0. The van der Waals surface area contributed by atoms with E-state index in [1.165, 1.54) is 0 Å². The molecule has 9 nitrogen and oxygen atoms in total. The zero-order valence-corrected chi connectivity index (χ0v) is 43.6. The van der Waals surface area contributed by atoms with Crippen molar-refractivity contribution in [1.82, 2.24) is 0 Å². The molecule has 2 atom stereocenters. The molecule has 0 aliphatic rings. The summed E-state index contributed by atoms with van der Waals surface area (Å²) >= 11 is 0. The van der Waals surface area contributed by atoms with Crippen molar-refractivity contribution >= 4 is 17.9 Å². The number of rotatable bonds is 45. The van der Waals surface area contributed by atoms with E-state index < -0.39 is 30.3 Å². The number of carboxylic acid groups (broad SMARTS) is 1. The summed E-state index contributed by atoms with van der Waals surface area (Å²) in [6.45, 7) is 4.43. The molecule has 0 N–H and O–H groups in total. The first-order valence-electron chi connectivity index (χ1n) is 26.0. The number of unbranched alkanes of at least 4 members (excludes halogenated alkanes) is 6. The zero-order valence-electron chi connectivity index (χ0n) is 43.6. The van der Waals surface area contributed by atoms with Crippen molar-refractivity contribution in [2.24, 2.45) is 0 Å². The van der Waals surface area contributed by atoms with E-state index in [1.807, 2.05) is 21.1 Å². The topological polar surface area (TPSA) is 111 Å². The van der Waals surface area contributed by atoms with Gasteiger partial charge in [-0.15, -0.1) is 0 Å². The Hall–Kier alpha value is -4.83. The molecule has 0 bridgehead atoms. The number of likely N-dealkylation sites (N-methyl/N-ethyl adjacent to an activating group) is 1. The Morgan fingerprint density at radius 3 is 1.22 bits per heavy atom. The lowest BCUT2D eigenvalue weighted by Gasteiger charge is -2.26. The van der Waals surface area contributed by atoms with Crippen molar-refractivity contribution in [2.45, 2.75) is 167 Å². The van der Waals surface area contributed by atoms with Gasteiger partial charge in [0.25, 0.3) is 0 Å². The Kier molecular flexibility index (Phi) is 46.1. The van der Waals surface area contributed by atoms with Gasteiger partial charge in [-0.3, -0.25) is 9.59 Å². The molecule has 0 radical (unpaired) electrons. The van der Waals surface area contributed by atoms with Crippen LogP contribution in [0.3, 0.4) is 0 Å². The Morgan fingerprint density at radius 1 is 0.449 bits per heavy atom. The number of nitrogens with zero attached hydrogens (tertiary/aromatic N) is 1. The number of carboxylic acids is 1. The molecule has 9 heteroatoms. The summed E-state index contributed by atoms with van der Waals surface area (Å²) in [6, 6.07) is 0. The monoisotopic (exact) mass is 956 g/mol. The summed E-state index contributed by atoms with van der Waals surface area (Å²) in [7, 11) is 5.87. The number of ether oxygens (including phenoxy) is 4. The summed E-state index contributed by atoms with van der Waals surface area (Å²) in [5.74, 6) is -2.38. The first kappa shape index (κ1) is 64.2. The first-order chi connectivity index (χ1) is 33.6. The van der Waals surface area contributed by atoms with Crippen LogP contribution in [0.5, 0.6) is 0 Å². The predicted molar refractivity (Wildman–Crippen MR) is 287 cm³/mol. The van der Waals surface area contributed by atoms with Gasteiger partial charge in [0.15, 0.2) is 12.4 Å². The maximum atomic E-state index is 12.7. The number of hydrogen-bond acceptors (Lipinski definition) is 8. The molecule has 0 spiro atoms. The van der Waals surface area contributed by atoms with Crippen LogP contribution >= 0.6 is 0 Å². The Bertz CT molecular complexity index is 1630. The van der Waals surface area contributed by atoms with Gasteiger partial charge in [0, 0.05) is 12.8 Å². The average molecular weight is 956 g/mol. The third-order valence-corrected chi connectivity index (χ3v) is 10.1. The molecule has 0 saturated heterocycles. The molecule has 69 heavy (non-hydrogen) atoms. The molecule has 0 aromatic rings. The lowest BCUT2D eigenvalue weighted by molar-refractivity contribution is -0.870. The third kappa shape index (κ3) is 50.9. The lowest BCUT2D eigenvalue weighted by atomic mass is 10.1. The number of carbonyl (C=O) groups is 3. The van der Waals surface area contributed by atoms with Gasteiger partial charge in [-0.25, -0.2) is 0 Å². The highest BCUT2D eigenvalue weighted by molar-refractivity contribution is 5.70. The number of allylic oxidation sites excluding steroid dienone is 24. The van der Waals surface area contributed by atoms with E-state index in [9.17, 15) is 19.5 Å². The first-order valence-corrected chi connectivity index (χ1v) is 26.0. The minimum atomic E-state index is -1.64. The van der Waals surface area contributed by atoms with Crippen molar-refractivity contribution < 1.29 is 42.9 Å². The van der Waals surface area contributed by atoms with Crippen LogP contribution in [-0.2, 0) is 33.3 Å². The largest absolute Gasteiger partial charge is 0.545 e. The van der Waals surface area contributed by atoms with E-state index in [1.54, 1.807) is 0 Å². The minimum Gasteiger partial charge on any atom is -0.545 e. The van der Waals surface area contributed by atoms with Gasteiger partial charge < -0.3 is 33.3 Å². The number of carbonyl (C=O) groups excluding carboxylic acids is 3. The van der Waals surface area contributed by atoms with Crippen LogP contribution in [0, 0.1) is 0 Å². The normalized spacial score (nSPS) is 14.0. The standard InChI is InChI=1S/C60H93NO8/c1-6-8-10-12-13-14-15-16-17-18-19-20-21-22-23-24-25-26-27-28-29-30-31-32-33-34-35-36-37-38-39-40-41-42-43-44-45-47-49-51-58(63)69-56(54-67-57(62)50-48-46-11-9-7-2)55-68-60(59(64)65)66-53-52-61(3,4)5/h8,10,13-14,16-17,19-20,22-23,25-26,28-29,31-32,34-35,37-38,40-41,43-44,56,60H,6-7,9,11-12,15,18,21,24,27,30,33,36,39,42,45-55H2,1-5H3/b10-8-,14-13-,17-16-,20-19-,23-22-,26-25-,29-28-,32-31-,35-34-,38-37-,41-40-,44-43-. The van der Waals surface area contributed by atoms with Crippen LogP contribution in [0.2, 0.25) is 0 Å². The summed E-state index contributed by atoms with van der Waals surface area (Å²) in [4.78, 5) is 36.7. The number of hydrogen-bond donors (Lipinski definition) is 0. The maximum absolute atomic E-state index is 12.7. The van der Waals surface area contributed by atoms with Crippen LogP contribution in [0.1, 0.15) is 155 Å². The van der Waals surface area contributed by atoms with Gasteiger partial charge in [0.2, 0.25) is 0 Å². The molecule has 0 saturated carbocycles. The Morgan fingerprint density at radius 2 is 0.826 bits per heavy atom. The van der Waals surface area contributed by atoms with E-state index in [0.29, 0.717) is 17.4 Å². The van der Waals surface area contributed by atoms with Gasteiger partial charge in [-0.2, -0.15) is 0 Å². The molecule has 0 fully saturated rings. The van der Waals surface area contributed by atoms with Gasteiger partial charge in [-0.1, -0.05) is 185 Å². The van der Waals surface area contributed by atoms with Gasteiger partial charge in [-0.05, 0) is 103 Å². The predicted octanol–water partition coefficient (Wildman–Crippen LogP) is 13.6. The maximum Gasteiger partial charge on any atom is 0.306 e. The number of esters is 2. The van der Waals surface area contributed by atoms with E-state index in [-0.39, 0.29) is 32.7 Å². The highest BCUT2D eigenvalue weighted by atomic mass is 16.7. The van der Waals surface area contributed by atoms with E-state index in [4.69, 9.17) is 18.9 Å². The highest BCUT2D eigenvalue weighted by Crippen LogP contribution is 2.10. The van der Waals surface area contributed by atoms with Crippen LogP contribution in [0.15, 0.2) is 146 Å². The van der Waals surface area contributed by atoms with Gasteiger partial charge >= 0.3 is 11.9 Å². The second-order valence-corrected chi connectivity index (χ2v) is 17.7. The minimum absolute atomic E-state index is 0.131. The molecule has 0 aliphatic heterocycles. The molecule has 0 heterocycles. The SMILES string of the molecule is CC/C=C\C/C=C\C/C=C\C/C=C\C/C=C\C/C=C\C/C=C\C/C=C\C/C=C\C/C=C\C/C=C\C/C=C\CCCCC(=O)OC(COC(=O)CCCCCCC)COC(OCC[N+](C)(C)C)C(=O)[O-]. The third-order valence-electron chi connectivity index (χ3n) is 10.1. The van der Waals surface area contributed by atoms with Gasteiger partial charge in [0.05, 0.1) is 40.3 Å². The molecule has 0 aromatic heterocycles. The summed E-state index contributed by atoms with van der Waals surface area (Å²) < 4.78 is 22.3. The Balaban J connectivity index is 4.18. The zero-order chi connectivity index (χ0) is 50.6. The van der Waals surface area contributed by atoms with Crippen molar-refractivity contribution in [3.05, 3.63) is 146 Å². The Labute approximate surface area is 420 Å². The molecular formula is C60H93NO8. The smallest absolute Gasteiger partial charge is 0.306 e. The van der Waals surface area contributed by atoms with Crippen LogP contribution in [0.25, 0.3) is 0 Å². The van der Waals surface area contributed by atoms with E-state index >= 15 is 0 Å². The number of quaternary nitrogens is 1. The second-order valence-electron chi connectivity index (χ2n) is 17.7. The van der Waals surface area contributed by atoms with E-state index in [0.717, 1.165) is 122 Å². The highest BCUT2D eigenvalue weighted by Gasteiger charge is 2.21. The molecule has 0 aromatic carbocycles.